The van der Waals surface area contributed by atoms with E-state index < -0.39 is 27.8 Å². The fourth-order valence-corrected chi connectivity index (χ4v) is 5.75. The van der Waals surface area contributed by atoms with Crippen LogP contribution in [0.1, 0.15) is 54.9 Å². The lowest BCUT2D eigenvalue weighted by atomic mass is 10.0. The number of anilines is 1. The van der Waals surface area contributed by atoms with Crippen molar-refractivity contribution in [2.45, 2.75) is 64.7 Å². The number of nitrogens with one attached hydrogen (secondary N) is 1. The zero-order chi connectivity index (χ0) is 32.3. The van der Waals surface area contributed by atoms with Crippen LogP contribution in [-0.2, 0) is 38.8 Å². The first-order valence-electron chi connectivity index (χ1n) is 14.6. The first-order chi connectivity index (χ1) is 20.8. The van der Waals surface area contributed by atoms with Crippen molar-refractivity contribution in [2.75, 3.05) is 23.7 Å². The lowest BCUT2D eigenvalue weighted by Crippen LogP contribution is -2.50. The SMILES string of the molecule is CCCCNC(=O)[C@H](Cc1ccccc1)N(Cc1ccc(C)cc1)C(=O)CCCN(c1cccc(C(F)(F)F)c1)S(C)(=O)=O. The molecule has 0 aromatic heterocycles. The molecule has 0 unspecified atom stereocenters. The van der Waals surface area contributed by atoms with Crippen molar-refractivity contribution in [2.24, 2.45) is 0 Å². The Bertz CT molecular complexity index is 1480. The number of hydrogen-bond acceptors (Lipinski definition) is 4. The molecule has 0 spiro atoms. The summed E-state index contributed by atoms with van der Waals surface area (Å²) < 4.78 is 66.0. The van der Waals surface area contributed by atoms with Crippen LogP contribution in [0.3, 0.4) is 0 Å². The minimum absolute atomic E-state index is 0.0298. The molecule has 0 aliphatic heterocycles. The molecule has 0 aliphatic carbocycles. The number of benzene rings is 3. The second kappa shape index (κ2) is 15.7. The van der Waals surface area contributed by atoms with Gasteiger partial charge in [-0.25, -0.2) is 8.42 Å². The highest BCUT2D eigenvalue weighted by atomic mass is 32.2. The van der Waals surface area contributed by atoms with Crippen LogP contribution in [0.2, 0.25) is 0 Å². The van der Waals surface area contributed by atoms with Crippen molar-refractivity contribution in [3.8, 4) is 0 Å². The van der Waals surface area contributed by atoms with Crippen LogP contribution in [0.15, 0.2) is 78.9 Å². The Morgan fingerprint density at radius 1 is 0.909 bits per heavy atom. The predicted molar refractivity (Wildman–Crippen MR) is 166 cm³/mol. The van der Waals surface area contributed by atoms with E-state index in [0.29, 0.717) is 6.54 Å². The number of rotatable bonds is 15. The van der Waals surface area contributed by atoms with Gasteiger partial charge in [0.25, 0.3) is 0 Å². The summed E-state index contributed by atoms with van der Waals surface area (Å²) in [7, 11) is -3.96. The number of sulfonamides is 1. The number of amides is 2. The summed E-state index contributed by atoms with van der Waals surface area (Å²) in [5, 5.41) is 2.96. The van der Waals surface area contributed by atoms with Gasteiger partial charge in [0, 0.05) is 32.5 Å². The highest BCUT2D eigenvalue weighted by molar-refractivity contribution is 7.92. The molecule has 0 fully saturated rings. The third-order valence-corrected chi connectivity index (χ3v) is 8.38. The Hall–Kier alpha value is -3.86. The fraction of sp³-hybridized carbons (Fsp3) is 0.394. The van der Waals surface area contributed by atoms with Gasteiger partial charge in [-0.1, -0.05) is 79.6 Å². The number of aryl methyl sites for hydroxylation is 1. The smallest absolute Gasteiger partial charge is 0.354 e. The van der Waals surface area contributed by atoms with Gasteiger partial charge in [-0.3, -0.25) is 13.9 Å². The zero-order valence-electron chi connectivity index (χ0n) is 25.3. The minimum Gasteiger partial charge on any atom is -0.354 e. The third-order valence-electron chi connectivity index (χ3n) is 7.19. The molecule has 3 rings (SSSR count). The highest BCUT2D eigenvalue weighted by Crippen LogP contribution is 2.32. The number of hydrogen-bond donors (Lipinski definition) is 1. The van der Waals surface area contributed by atoms with Crippen molar-refractivity contribution < 1.29 is 31.2 Å². The molecule has 0 heterocycles. The maximum Gasteiger partial charge on any atom is 0.416 e. The van der Waals surface area contributed by atoms with Crippen LogP contribution in [-0.4, -0.2) is 50.5 Å². The Kier molecular flexibility index (Phi) is 12.4. The third kappa shape index (κ3) is 10.4. The number of unbranched alkanes of at least 4 members (excludes halogenated alkanes) is 1. The maximum atomic E-state index is 13.9. The second-order valence-electron chi connectivity index (χ2n) is 10.8. The van der Waals surface area contributed by atoms with Gasteiger partial charge >= 0.3 is 6.18 Å². The molecular formula is C33H40F3N3O4S. The van der Waals surface area contributed by atoms with E-state index in [-0.39, 0.29) is 49.9 Å². The molecule has 1 atom stereocenters. The molecule has 0 saturated carbocycles. The van der Waals surface area contributed by atoms with Crippen molar-refractivity contribution in [3.63, 3.8) is 0 Å². The molecule has 11 heteroatoms. The van der Waals surface area contributed by atoms with E-state index in [2.05, 4.69) is 5.32 Å². The summed E-state index contributed by atoms with van der Waals surface area (Å²) in [5.74, 6) is -0.654. The second-order valence-corrected chi connectivity index (χ2v) is 12.8. The predicted octanol–water partition coefficient (Wildman–Crippen LogP) is 6.12. The molecular weight excluding hydrogens is 591 g/mol. The number of halogens is 3. The van der Waals surface area contributed by atoms with E-state index in [9.17, 15) is 31.2 Å². The first-order valence-corrected chi connectivity index (χ1v) is 16.5. The van der Waals surface area contributed by atoms with Gasteiger partial charge in [0.2, 0.25) is 21.8 Å². The molecule has 0 bridgehead atoms. The molecule has 1 N–H and O–H groups in total. The summed E-state index contributed by atoms with van der Waals surface area (Å²) in [6, 6.07) is 20.3. The van der Waals surface area contributed by atoms with Crippen molar-refractivity contribution in [1.29, 1.82) is 0 Å². The summed E-state index contributed by atoms with van der Waals surface area (Å²) in [6.45, 7) is 4.37. The van der Waals surface area contributed by atoms with Crippen LogP contribution >= 0.6 is 0 Å². The van der Waals surface area contributed by atoms with Crippen molar-refractivity contribution in [1.82, 2.24) is 10.2 Å². The molecule has 44 heavy (non-hydrogen) atoms. The van der Waals surface area contributed by atoms with E-state index in [1.54, 1.807) is 0 Å². The summed E-state index contributed by atoms with van der Waals surface area (Å²) in [4.78, 5) is 28.9. The van der Waals surface area contributed by atoms with Gasteiger partial charge in [-0.05, 0) is 49.1 Å². The van der Waals surface area contributed by atoms with E-state index in [1.807, 2.05) is 68.4 Å². The standard InChI is InChI=1S/C33H40F3N3O4S/c1-4-5-20-37-32(41)30(22-26-11-7-6-8-12-26)38(24-27-18-16-25(2)17-19-27)31(40)15-10-21-39(44(3,42)43)29-14-9-13-28(23-29)33(34,35)36/h6-9,11-14,16-19,23,30H,4-5,10,15,20-22,24H2,1-3H3,(H,37,41)/t30-/m0/s1. The number of alkyl halides is 3. The van der Waals surface area contributed by atoms with E-state index in [0.717, 1.165) is 58.3 Å². The van der Waals surface area contributed by atoms with Crippen LogP contribution < -0.4 is 9.62 Å². The van der Waals surface area contributed by atoms with Crippen LogP contribution in [0.5, 0.6) is 0 Å². The molecule has 3 aromatic carbocycles. The normalized spacial score (nSPS) is 12.4. The van der Waals surface area contributed by atoms with Gasteiger partial charge in [-0.2, -0.15) is 13.2 Å². The zero-order valence-corrected chi connectivity index (χ0v) is 26.1. The summed E-state index contributed by atoms with van der Waals surface area (Å²) >= 11 is 0. The summed E-state index contributed by atoms with van der Waals surface area (Å²) in [5.41, 5.74) is 1.63. The lowest BCUT2D eigenvalue weighted by Gasteiger charge is -2.32. The monoisotopic (exact) mass is 631 g/mol. The van der Waals surface area contributed by atoms with Crippen LogP contribution in [0.25, 0.3) is 0 Å². The first kappa shape index (κ1) is 34.6. The Labute approximate surface area is 258 Å². The number of carbonyl (C=O) groups is 2. The average Bonchev–Trinajstić information content (AvgIpc) is 2.97. The molecule has 0 saturated heterocycles. The van der Waals surface area contributed by atoms with Gasteiger partial charge in [-0.15, -0.1) is 0 Å². The average molecular weight is 632 g/mol. The lowest BCUT2D eigenvalue weighted by molar-refractivity contribution is -0.141. The molecule has 0 aliphatic rings. The van der Waals surface area contributed by atoms with E-state index >= 15 is 0 Å². The molecule has 0 radical (unpaired) electrons. The van der Waals surface area contributed by atoms with Crippen molar-refractivity contribution in [3.05, 3.63) is 101 Å². The largest absolute Gasteiger partial charge is 0.416 e. The Balaban J connectivity index is 1.88. The molecule has 238 valence electrons. The number of carbonyl (C=O) groups excluding carboxylic acids is 2. The van der Waals surface area contributed by atoms with Gasteiger partial charge in [0.05, 0.1) is 17.5 Å². The van der Waals surface area contributed by atoms with E-state index in [4.69, 9.17) is 0 Å². The molecule has 7 nitrogen and oxygen atoms in total. The Morgan fingerprint density at radius 2 is 1.59 bits per heavy atom. The molecule has 3 aromatic rings. The Morgan fingerprint density at radius 3 is 2.20 bits per heavy atom. The summed E-state index contributed by atoms with van der Waals surface area (Å²) in [6.07, 6.45) is -1.88. The molecule has 2 amide bonds. The van der Waals surface area contributed by atoms with Crippen LogP contribution in [0, 0.1) is 6.92 Å². The van der Waals surface area contributed by atoms with Crippen molar-refractivity contribution >= 4 is 27.5 Å². The van der Waals surface area contributed by atoms with Crippen LogP contribution in [0.4, 0.5) is 18.9 Å². The quantitative estimate of drug-likeness (QED) is 0.205. The van der Waals surface area contributed by atoms with Gasteiger partial charge in [0.15, 0.2) is 0 Å². The van der Waals surface area contributed by atoms with Gasteiger partial charge in [0.1, 0.15) is 6.04 Å². The topological polar surface area (TPSA) is 86.8 Å². The highest BCUT2D eigenvalue weighted by Gasteiger charge is 2.32. The van der Waals surface area contributed by atoms with E-state index in [1.165, 1.54) is 11.0 Å². The number of nitrogens with zero attached hydrogens (tertiary/aromatic N) is 2. The van der Waals surface area contributed by atoms with Gasteiger partial charge < -0.3 is 10.2 Å². The minimum atomic E-state index is -4.64. The maximum absolute atomic E-state index is 13.9. The fourth-order valence-electron chi connectivity index (χ4n) is 4.79.